The Kier molecular flexibility index (Phi) is 4.69. The van der Waals surface area contributed by atoms with Gasteiger partial charge in [0.15, 0.2) is 0 Å². The molecule has 2 aromatic carbocycles. The molecule has 1 N–H and O–H groups in total. The van der Waals surface area contributed by atoms with Crippen LogP contribution < -0.4 is 5.32 Å². The molecule has 0 fully saturated rings. The molecular weight excluding hydrogens is 274 g/mol. The van der Waals surface area contributed by atoms with E-state index in [-0.39, 0.29) is 0 Å². The predicted molar refractivity (Wildman–Crippen MR) is 93.1 cm³/mol. The Balaban J connectivity index is 1.73. The van der Waals surface area contributed by atoms with E-state index in [2.05, 4.69) is 71.7 Å². The summed E-state index contributed by atoms with van der Waals surface area (Å²) in [6, 6.07) is 18.0. The minimum absolute atomic E-state index is 0.524. The van der Waals surface area contributed by atoms with Crippen molar-refractivity contribution in [3.63, 3.8) is 0 Å². The first kappa shape index (κ1) is 14.3. The van der Waals surface area contributed by atoms with E-state index in [1.54, 1.807) is 11.3 Å². The number of benzene rings is 2. The van der Waals surface area contributed by atoms with E-state index in [4.69, 9.17) is 0 Å². The molecule has 0 aliphatic heterocycles. The Labute approximate surface area is 130 Å². The monoisotopic (exact) mass is 295 g/mol. The molecule has 21 heavy (non-hydrogen) atoms. The van der Waals surface area contributed by atoms with Crippen LogP contribution in [0.15, 0.2) is 59.3 Å². The van der Waals surface area contributed by atoms with Crippen LogP contribution in [0.4, 0.5) is 0 Å². The molecule has 0 saturated carbocycles. The Hall–Kier alpha value is -1.64. The molecule has 0 amide bonds. The van der Waals surface area contributed by atoms with Gasteiger partial charge in [0, 0.05) is 6.04 Å². The second kappa shape index (κ2) is 6.88. The normalized spacial score (nSPS) is 12.6. The van der Waals surface area contributed by atoms with E-state index < -0.39 is 0 Å². The van der Waals surface area contributed by atoms with Gasteiger partial charge in [0.05, 0.1) is 0 Å². The summed E-state index contributed by atoms with van der Waals surface area (Å²) in [4.78, 5) is 0. The number of aryl methyl sites for hydroxylation is 1. The molecule has 0 aliphatic carbocycles. The zero-order chi connectivity index (χ0) is 14.5. The first-order chi connectivity index (χ1) is 10.4. The maximum Gasteiger partial charge on any atom is 0.0108 e. The lowest BCUT2D eigenvalue weighted by molar-refractivity contribution is 0.522. The van der Waals surface area contributed by atoms with Crippen LogP contribution in [0.5, 0.6) is 0 Å². The Bertz CT molecular complexity index is 682. The van der Waals surface area contributed by atoms with Crippen molar-refractivity contribution in [2.24, 2.45) is 0 Å². The quantitative estimate of drug-likeness (QED) is 0.697. The highest BCUT2D eigenvalue weighted by atomic mass is 32.1. The molecule has 0 aliphatic rings. The van der Waals surface area contributed by atoms with Crippen molar-refractivity contribution >= 4 is 22.1 Å². The highest BCUT2D eigenvalue weighted by Gasteiger charge is 2.10. The molecule has 2 heteroatoms. The smallest absolute Gasteiger partial charge is 0.0108 e. The van der Waals surface area contributed by atoms with Crippen molar-refractivity contribution in [1.82, 2.24) is 5.32 Å². The summed E-state index contributed by atoms with van der Waals surface area (Å²) in [5, 5.41) is 10.6. The van der Waals surface area contributed by atoms with Gasteiger partial charge in [-0.3, -0.25) is 0 Å². The van der Waals surface area contributed by atoms with Gasteiger partial charge in [-0.25, -0.2) is 0 Å². The third kappa shape index (κ3) is 3.52. The van der Waals surface area contributed by atoms with Crippen LogP contribution >= 0.6 is 11.3 Å². The van der Waals surface area contributed by atoms with Crippen molar-refractivity contribution < 1.29 is 0 Å². The van der Waals surface area contributed by atoms with Crippen LogP contribution in [-0.4, -0.2) is 13.1 Å². The van der Waals surface area contributed by atoms with Gasteiger partial charge in [0.25, 0.3) is 0 Å². The minimum Gasteiger partial charge on any atom is -0.317 e. The Morgan fingerprint density at radius 2 is 1.90 bits per heavy atom. The molecule has 1 atom stereocenters. The number of thiophene rings is 1. The van der Waals surface area contributed by atoms with Crippen LogP contribution in [0.3, 0.4) is 0 Å². The Morgan fingerprint density at radius 3 is 2.71 bits per heavy atom. The lowest BCUT2D eigenvalue weighted by atomic mass is 9.96. The van der Waals surface area contributed by atoms with E-state index >= 15 is 0 Å². The molecule has 1 heterocycles. The molecule has 3 aromatic rings. The van der Waals surface area contributed by atoms with Gasteiger partial charge in [-0.2, -0.15) is 11.3 Å². The summed E-state index contributed by atoms with van der Waals surface area (Å²) in [7, 11) is 2.07. The average Bonchev–Trinajstić information content (AvgIpc) is 3.05. The fraction of sp³-hybridized carbons (Fsp3) is 0.263. The third-order valence-corrected chi connectivity index (χ3v) is 4.85. The van der Waals surface area contributed by atoms with Gasteiger partial charge in [-0.1, -0.05) is 42.5 Å². The summed E-state index contributed by atoms with van der Waals surface area (Å²) in [5.74, 6) is 0. The van der Waals surface area contributed by atoms with Crippen molar-refractivity contribution in [1.29, 1.82) is 0 Å². The number of nitrogens with one attached hydrogen (secondary N) is 1. The maximum atomic E-state index is 3.48. The molecule has 0 saturated heterocycles. The molecule has 0 spiro atoms. The van der Waals surface area contributed by atoms with E-state index in [0.717, 1.165) is 12.8 Å². The number of hydrogen-bond acceptors (Lipinski definition) is 2. The van der Waals surface area contributed by atoms with Crippen molar-refractivity contribution in [3.05, 3.63) is 70.4 Å². The Morgan fingerprint density at radius 1 is 1.05 bits per heavy atom. The highest BCUT2D eigenvalue weighted by Crippen LogP contribution is 2.21. The van der Waals surface area contributed by atoms with E-state index in [0.29, 0.717) is 6.04 Å². The summed E-state index contributed by atoms with van der Waals surface area (Å²) in [6.45, 7) is 0. The molecule has 0 radical (unpaired) electrons. The van der Waals surface area contributed by atoms with Crippen LogP contribution in [0.2, 0.25) is 0 Å². The van der Waals surface area contributed by atoms with E-state index in [9.17, 15) is 0 Å². The molecule has 0 bridgehead atoms. The fourth-order valence-corrected chi connectivity index (χ4v) is 3.56. The predicted octanol–water partition coefficient (Wildman–Crippen LogP) is 4.66. The zero-order valence-corrected chi connectivity index (χ0v) is 13.2. The second-order valence-corrected chi connectivity index (χ2v) is 6.28. The van der Waals surface area contributed by atoms with Gasteiger partial charge >= 0.3 is 0 Å². The topological polar surface area (TPSA) is 12.0 Å². The highest BCUT2D eigenvalue weighted by molar-refractivity contribution is 7.07. The summed E-state index contributed by atoms with van der Waals surface area (Å²) in [6.07, 6.45) is 3.41. The molecule has 108 valence electrons. The van der Waals surface area contributed by atoms with Crippen molar-refractivity contribution in [2.75, 3.05) is 7.05 Å². The third-order valence-electron chi connectivity index (χ3n) is 4.12. The molecule has 3 rings (SSSR count). The standard InChI is InChI=1S/C19H21NS/c1-20-18(10-9-15-11-12-21-14-15)13-17-7-4-6-16-5-2-3-8-19(16)17/h2-8,11-12,14,18,20H,9-10,13H2,1H3. The average molecular weight is 295 g/mol. The van der Waals surface area contributed by atoms with E-state index in [1.165, 1.54) is 28.3 Å². The van der Waals surface area contributed by atoms with Crippen molar-refractivity contribution in [2.45, 2.75) is 25.3 Å². The van der Waals surface area contributed by atoms with Gasteiger partial charge in [0.2, 0.25) is 0 Å². The van der Waals surface area contributed by atoms with E-state index in [1.807, 2.05) is 0 Å². The number of rotatable bonds is 6. The SMILES string of the molecule is CNC(CCc1ccsc1)Cc1cccc2ccccc12. The first-order valence-corrected chi connectivity index (χ1v) is 8.46. The van der Waals surface area contributed by atoms with Gasteiger partial charge in [-0.15, -0.1) is 0 Å². The number of hydrogen-bond donors (Lipinski definition) is 1. The largest absolute Gasteiger partial charge is 0.317 e. The van der Waals surface area contributed by atoms with Crippen LogP contribution in [-0.2, 0) is 12.8 Å². The summed E-state index contributed by atoms with van der Waals surface area (Å²) < 4.78 is 0. The van der Waals surface area contributed by atoms with Crippen LogP contribution in [0.25, 0.3) is 10.8 Å². The molecule has 1 nitrogen and oxygen atoms in total. The van der Waals surface area contributed by atoms with Crippen molar-refractivity contribution in [3.8, 4) is 0 Å². The van der Waals surface area contributed by atoms with Gasteiger partial charge in [-0.05, 0) is 65.0 Å². The molecular formula is C19H21NS. The second-order valence-electron chi connectivity index (χ2n) is 5.50. The fourth-order valence-electron chi connectivity index (χ4n) is 2.86. The lowest BCUT2D eigenvalue weighted by Crippen LogP contribution is -2.28. The van der Waals surface area contributed by atoms with Gasteiger partial charge < -0.3 is 5.32 Å². The minimum atomic E-state index is 0.524. The zero-order valence-electron chi connectivity index (χ0n) is 12.4. The maximum absolute atomic E-state index is 3.48. The first-order valence-electron chi connectivity index (χ1n) is 7.52. The van der Waals surface area contributed by atoms with Crippen LogP contribution in [0.1, 0.15) is 17.5 Å². The lowest BCUT2D eigenvalue weighted by Gasteiger charge is -2.17. The summed E-state index contributed by atoms with van der Waals surface area (Å²) >= 11 is 1.78. The molecule has 1 unspecified atom stereocenters. The number of likely N-dealkylation sites (N-methyl/N-ethyl adjacent to an activating group) is 1. The number of fused-ring (bicyclic) bond motifs is 1. The van der Waals surface area contributed by atoms with Gasteiger partial charge in [0.1, 0.15) is 0 Å². The summed E-state index contributed by atoms with van der Waals surface area (Å²) in [5.41, 5.74) is 2.90. The molecule has 1 aromatic heterocycles. The van der Waals surface area contributed by atoms with Crippen LogP contribution in [0, 0.1) is 0 Å².